The smallest absolute Gasteiger partial charge is 0.279 e. The summed E-state index contributed by atoms with van der Waals surface area (Å²) in [6.45, 7) is 0. The van der Waals surface area contributed by atoms with Crippen LogP contribution in [0.5, 0.6) is 0 Å². The van der Waals surface area contributed by atoms with Crippen LogP contribution in [0.25, 0.3) is 22.3 Å². The molecule has 0 amide bonds. The fraction of sp³-hybridized carbons (Fsp3) is 0.100. The SMILES string of the molecule is CS(=O)(=O)c1ccc(-c2ccccc2)c(-c2ccccc2)c1.O=S(=O)(O)C(F)(F)F.S. The van der Waals surface area contributed by atoms with E-state index in [9.17, 15) is 21.6 Å². The molecule has 1 N–H and O–H groups in total. The summed E-state index contributed by atoms with van der Waals surface area (Å²) in [5, 5.41) is 0. The Kier molecular flexibility index (Phi) is 8.88. The fourth-order valence-corrected chi connectivity index (χ4v) is 3.13. The molecule has 0 aliphatic rings. The van der Waals surface area contributed by atoms with Gasteiger partial charge in [0.1, 0.15) is 0 Å². The van der Waals surface area contributed by atoms with Crippen LogP contribution in [-0.4, -0.2) is 33.2 Å². The molecule has 5 nitrogen and oxygen atoms in total. The molecule has 0 radical (unpaired) electrons. The Morgan fingerprint density at radius 2 is 1.10 bits per heavy atom. The molecule has 0 unspecified atom stereocenters. The minimum atomic E-state index is -5.84. The quantitative estimate of drug-likeness (QED) is 0.414. The topological polar surface area (TPSA) is 88.5 Å². The maximum Gasteiger partial charge on any atom is 0.522 e. The molecule has 3 rings (SSSR count). The summed E-state index contributed by atoms with van der Waals surface area (Å²) < 4.78 is 81.3. The standard InChI is InChI=1S/C19H16O2S.CHF3O3S.H2S/c1-22(20,21)17-12-13-18(15-8-4-2-5-9-15)19(14-17)16-10-6-3-7-11-16;2-1(3,4)8(5,6)7;/h2-14H,1H3;(H,5,6,7);1H2. The maximum absolute atomic E-state index is 11.9. The predicted molar refractivity (Wildman–Crippen MR) is 118 cm³/mol. The highest BCUT2D eigenvalue weighted by Gasteiger charge is 2.44. The van der Waals surface area contributed by atoms with E-state index in [4.69, 9.17) is 13.0 Å². The summed E-state index contributed by atoms with van der Waals surface area (Å²) in [4.78, 5) is 0.339. The third kappa shape index (κ3) is 7.39. The van der Waals surface area contributed by atoms with Gasteiger partial charge >= 0.3 is 15.6 Å². The number of rotatable bonds is 3. The van der Waals surface area contributed by atoms with Crippen LogP contribution in [0.4, 0.5) is 13.2 Å². The molecule has 11 heteroatoms. The zero-order valence-electron chi connectivity index (χ0n) is 16.0. The summed E-state index contributed by atoms with van der Waals surface area (Å²) in [5.74, 6) is 0. The van der Waals surface area contributed by atoms with Crippen molar-refractivity contribution in [3.8, 4) is 22.3 Å². The van der Waals surface area contributed by atoms with E-state index in [1.807, 2.05) is 66.7 Å². The molecule has 0 heterocycles. The van der Waals surface area contributed by atoms with Gasteiger partial charge in [0.2, 0.25) is 0 Å². The van der Waals surface area contributed by atoms with Gasteiger partial charge in [0.25, 0.3) is 0 Å². The zero-order chi connectivity index (χ0) is 22.6. The van der Waals surface area contributed by atoms with E-state index < -0.39 is 25.5 Å². The van der Waals surface area contributed by atoms with Crippen LogP contribution in [0.15, 0.2) is 83.8 Å². The molecule has 0 aromatic heterocycles. The zero-order valence-corrected chi connectivity index (χ0v) is 18.7. The number of sulfone groups is 1. The summed E-state index contributed by atoms with van der Waals surface area (Å²) in [6.07, 6.45) is 1.24. The average Bonchev–Trinajstić information content (AvgIpc) is 2.67. The summed E-state index contributed by atoms with van der Waals surface area (Å²) in [7, 11) is -9.07. The van der Waals surface area contributed by atoms with Crippen molar-refractivity contribution in [1.29, 1.82) is 0 Å². The van der Waals surface area contributed by atoms with Crippen molar-refractivity contribution in [3.05, 3.63) is 78.9 Å². The van der Waals surface area contributed by atoms with E-state index in [1.54, 1.807) is 12.1 Å². The molecule has 0 saturated heterocycles. The number of hydrogen-bond donors (Lipinski definition) is 1. The van der Waals surface area contributed by atoms with E-state index in [0.29, 0.717) is 4.90 Å². The van der Waals surface area contributed by atoms with Gasteiger partial charge in [0, 0.05) is 6.26 Å². The van der Waals surface area contributed by atoms with Gasteiger partial charge in [-0.3, -0.25) is 4.55 Å². The van der Waals surface area contributed by atoms with Crippen molar-refractivity contribution in [2.24, 2.45) is 0 Å². The van der Waals surface area contributed by atoms with Gasteiger partial charge in [-0.25, -0.2) is 8.42 Å². The highest BCUT2D eigenvalue weighted by Crippen LogP contribution is 2.33. The number of benzene rings is 3. The van der Waals surface area contributed by atoms with E-state index >= 15 is 0 Å². The molecule has 0 aliphatic carbocycles. The van der Waals surface area contributed by atoms with Crippen molar-refractivity contribution >= 4 is 33.5 Å². The lowest BCUT2D eigenvalue weighted by atomic mass is 9.95. The summed E-state index contributed by atoms with van der Waals surface area (Å²) in [5.41, 5.74) is -1.50. The lowest BCUT2D eigenvalue weighted by Crippen LogP contribution is -2.21. The largest absolute Gasteiger partial charge is 0.522 e. The minimum absolute atomic E-state index is 0. The van der Waals surface area contributed by atoms with Gasteiger partial charge in [0.05, 0.1) is 4.90 Å². The number of hydrogen-bond acceptors (Lipinski definition) is 4. The lowest BCUT2D eigenvalue weighted by Gasteiger charge is -2.12. The van der Waals surface area contributed by atoms with Crippen molar-refractivity contribution in [1.82, 2.24) is 0 Å². The van der Waals surface area contributed by atoms with Crippen LogP contribution in [0.1, 0.15) is 0 Å². The van der Waals surface area contributed by atoms with E-state index in [0.717, 1.165) is 22.3 Å². The van der Waals surface area contributed by atoms with Gasteiger partial charge in [-0.15, -0.1) is 0 Å². The normalized spacial score (nSPS) is 11.6. The van der Waals surface area contributed by atoms with Gasteiger partial charge in [0.15, 0.2) is 9.84 Å². The third-order valence-electron chi connectivity index (χ3n) is 3.88. The molecular formula is C20H19F3O5S3. The highest BCUT2D eigenvalue weighted by atomic mass is 32.2. The Hall–Kier alpha value is -2.34. The molecule has 3 aromatic rings. The molecule has 0 saturated carbocycles. The number of alkyl halides is 3. The molecular weight excluding hydrogens is 473 g/mol. The molecule has 0 aliphatic heterocycles. The Morgan fingerprint density at radius 3 is 1.45 bits per heavy atom. The summed E-state index contributed by atoms with van der Waals surface area (Å²) >= 11 is 0. The van der Waals surface area contributed by atoms with Crippen LogP contribution in [-0.2, 0) is 20.0 Å². The Labute approximate surface area is 185 Å². The van der Waals surface area contributed by atoms with Crippen LogP contribution >= 0.6 is 13.5 Å². The molecule has 0 bridgehead atoms. The van der Waals surface area contributed by atoms with Crippen molar-refractivity contribution < 1.29 is 34.6 Å². The Morgan fingerprint density at radius 1 is 0.710 bits per heavy atom. The van der Waals surface area contributed by atoms with Gasteiger partial charge in [-0.2, -0.15) is 35.1 Å². The maximum atomic E-state index is 11.9. The van der Waals surface area contributed by atoms with E-state index in [-0.39, 0.29) is 13.5 Å². The van der Waals surface area contributed by atoms with Crippen LogP contribution in [0, 0.1) is 0 Å². The first-order valence-corrected chi connectivity index (χ1v) is 11.6. The second-order valence-corrected chi connectivity index (χ2v) is 9.56. The fourth-order valence-electron chi connectivity index (χ4n) is 2.48. The average molecular weight is 493 g/mol. The molecule has 168 valence electrons. The van der Waals surface area contributed by atoms with E-state index in [1.165, 1.54) is 6.26 Å². The molecule has 0 spiro atoms. The van der Waals surface area contributed by atoms with Gasteiger partial charge in [-0.1, -0.05) is 66.7 Å². The first-order chi connectivity index (χ1) is 13.8. The first-order valence-electron chi connectivity index (χ1n) is 8.29. The monoisotopic (exact) mass is 492 g/mol. The molecule has 31 heavy (non-hydrogen) atoms. The van der Waals surface area contributed by atoms with Crippen LogP contribution in [0.2, 0.25) is 0 Å². The molecule has 3 aromatic carbocycles. The van der Waals surface area contributed by atoms with Gasteiger partial charge in [-0.05, 0) is 34.4 Å². The van der Waals surface area contributed by atoms with E-state index in [2.05, 4.69) is 0 Å². The lowest BCUT2D eigenvalue weighted by molar-refractivity contribution is -0.0510. The highest BCUT2D eigenvalue weighted by molar-refractivity contribution is 7.90. The van der Waals surface area contributed by atoms with Crippen molar-refractivity contribution in [2.75, 3.05) is 6.26 Å². The molecule has 0 fully saturated rings. The first kappa shape index (κ1) is 26.7. The Bertz CT molecular complexity index is 1210. The second kappa shape index (κ2) is 10.3. The Balaban J connectivity index is 0.000000461. The minimum Gasteiger partial charge on any atom is -0.279 e. The van der Waals surface area contributed by atoms with Crippen LogP contribution in [0.3, 0.4) is 0 Å². The third-order valence-corrected chi connectivity index (χ3v) is 5.58. The van der Waals surface area contributed by atoms with Crippen molar-refractivity contribution in [2.45, 2.75) is 10.4 Å². The van der Waals surface area contributed by atoms with Crippen molar-refractivity contribution in [3.63, 3.8) is 0 Å². The predicted octanol–water partition coefficient (Wildman–Crippen LogP) is 4.93. The number of halogens is 3. The molecule has 0 atom stereocenters. The summed E-state index contributed by atoms with van der Waals surface area (Å²) in [6, 6.07) is 25.1. The van der Waals surface area contributed by atoms with Crippen LogP contribution < -0.4 is 0 Å². The second-order valence-electron chi connectivity index (χ2n) is 6.13. The van der Waals surface area contributed by atoms with Gasteiger partial charge < -0.3 is 0 Å².